The fourth-order valence-corrected chi connectivity index (χ4v) is 1.42. The highest BCUT2D eigenvalue weighted by Gasteiger charge is 2.04. The average molecular weight is 229 g/mol. The molecule has 3 heteroatoms. The number of aromatic hydroxyl groups is 1. The number of hydrogen-bond donors (Lipinski definition) is 1. The molecule has 0 spiro atoms. The molecule has 1 rings (SSSR count). The van der Waals surface area contributed by atoms with Crippen LogP contribution in [-0.2, 0) is 0 Å². The van der Waals surface area contributed by atoms with Gasteiger partial charge in [-0.15, -0.1) is 0 Å². The lowest BCUT2D eigenvalue weighted by Crippen LogP contribution is -1.95. The van der Waals surface area contributed by atoms with Crippen LogP contribution in [-0.4, -0.2) is 10.9 Å². The second-order valence-corrected chi connectivity index (χ2v) is 3.39. The molecule has 1 aromatic carbocycles. The molecule has 0 saturated heterocycles. The molecule has 0 heterocycles. The van der Waals surface area contributed by atoms with E-state index >= 15 is 0 Å². The van der Waals surface area contributed by atoms with Gasteiger partial charge in [0.2, 0.25) is 0 Å². The van der Waals surface area contributed by atoms with Crippen molar-refractivity contribution in [2.24, 2.45) is 0 Å². The SMILES string of the molecule is CCC(=O)c1cc(O)cc(Br)c1. The average Bonchev–Trinajstić information content (AvgIpc) is 2.01. The molecule has 64 valence electrons. The summed E-state index contributed by atoms with van der Waals surface area (Å²) in [5.41, 5.74) is 0.546. The molecule has 0 amide bonds. The van der Waals surface area contributed by atoms with Crippen molar-refractivity contribution in [3.8, 4) is 5.75 Å². The molecule has 0 unspecified atom stereocenters. The Morgan fingerprint density at radius 1 is 1.50 bits per heavy atom. The highest BCUT2D eigenvalue weighted by molar-refractivity contribution is 9.10. The van der Waals surface area contributed by atoms with Crippen LogP contribution in [0.15, 0.2) is 22.7 Å². The van der Waals surface area contributed by atoms with E-state index in [1.165, 1.54) is 6.07 Å². The van der Waals surface area contributed by atoms with Gasteiger partial charge in [-0.3, -0.25) is 4.79 Å². The number of phenols is 1. The molecule has 0 saturated carbocycles. The van der Waals surface area contributed by atoms with Crippen LogP contribution in [0.25, 0.3) is 0 Å². The first-order valence-corrected chi connectivity index (χ1v) is 4.45. The molecule has 0 bridgehead atoms. The van der Waals surface area contributed by atoms with Crippen molar-refractivity contribution in [3.63, 3.8) is 0 Å². The van der Waals surface area contributed by atoms with Gasteiger partial charge in [0.05, 0.1) is 0 Å². The summed E-state index contributed by atoms with van der Waals surface area (Å²) in [7, 11) is 0. The maximum absolute atomic E-state index is 11.2. The minimum Gasteiger partial charge on any atom is -0.508 e. The van der Waals surface area contributed by atoms with Gasteiger partial charge in [0.1, 0.15) is 5.75 Å². The molecule has 2 nitrogen and oxygen atoms in total. The summed E-state index contributed by atoms with van der Waals surface area (Å²) in [5.74, 6) is 0.146. The molecule has 1 aromatic rings. The van der Waals surface area contributed by atoms with E-state index in [2.05, 4.69) is 15.9 Å². The van der Waals surface area contributed by atoms with Crippen LogP contribution in [0.1, 0.15) is 23.7 Å². The quantitative estimate of drug-likeness (QED) is 0.791. The largest absolute Gasteiger partial charge is 0.508 e. The Bertz CT molecular complexity index is 287. The predicted octanol–water partition coefficient (Wildman–Crippen LogP) is 2.75. The number of halogens is 1. The molecule has 0 aromatic heterocycles. The van der Waals surface area contributed by atoms with E-state index in [9.17, 15) is 4.79 Å². The first-order valence-electron chi connectivity index (χ1n) is 3.66. The van der Waals surface area contributed by atoms with Crippen molar-refractivity contribution in [1.29, 1.82) is 0 Å². The zero-order valence-electron chi connectivity index (χ0n) is 6.67. The molecule has 0 radical (unpaired) electrons. The van der Waals surface area contributed by atoms with E-state index in [4.69, 9.17) is 5.11 Å². The highest BCUT2D eigenvalue weighted by atomic mass is 79.9. The molecular weight excluding hydrogens is 220 g/mol. The number of carbonyl (C=O) groups is 1. The highest BCUT2D eigenvalue weighted by Crippen LogP contribution is 2.20. The number of carbonyl (C=O) groups excluding carboxylic acids is 1. The van der Waals surface area contributed by atoms with E-state index in [1.807, 2.05) is 0 Å². The number of rotatable bonds is 2. The number of Topliss-reactive ketones (excluding diaryl/α,β-unsaturated/α-hetero) is 1. The Kier molecular flexibility index (Phi) is 2.87. The van der Waals surface area contributed by atoms with Gasteiger partial charge in [-0.05, 0) is 18.2 Å². The maximum atomic E-state index is 11.2. The van der Waals surface area contributed by atoms with Crippen LogP contribution in [0, 0.1) is 0 Å². The van der Waals surface area contributed by atoms with Crippen LogP contribution in [0.2, 0.25) is 0 Å². The van der Waals surface area contributed by atoms with Crippen molar-refractivity contribution in [1.82, 2.24) is 0 Å². The molecule has 12 heavy (non-hydrogen) atoms. The van der Waals surface area contributed by atoms with Gasteiger partial charge in [-0.1, -0.05) is 22.9 Å². The molecule has 0 aliphatic carbocycles. The second kappa shape index (κ2) is 3.72. The fraction of sp³-hybridized carbons (Fsp3) is 0.222. The van der Waals surface area contributed by atoms with Crippen LogP contribution < -0.4 is 0 Å². The van der Waals surface area contributed by atoms with Crippen molar-refractivity contribution in [3.05, 3.63) is 28.2 Å². The van der Waals surface area contributed by atoms with Gasteiger partial charge in [-0.2, -0.15) is 0 Å². The van der Waals surface area contributed by atoms with Crippen molar-refractivity contribution < 1.29 is 9.90 Å². The lowest BCUT2D eigenvalue weighted by atomic mass is 10.1. The summed E-state index contributed by atoms with van der Waals surface area (Å²) in [5, 5.41) is 9.16. The first-order chi connectivity index (χ1) is 5.63. The van der Waals surface area contributed by atoms with Crippen molar-refractivity contribution in [2.75, 3.05) is 0 Å². The summed E-state index contributed by atoms with van der Waals surface area (Å²) in [6.45, 7) is 1.79. The Labute approximate surface area is 79.3 Å². The van der Waals surface area contributed by atoms with E-state index < -0.39 is 0 Å². The number of ketones is 1. The Morgan fingerprint density at radius 2 is 2.17 bits per heavy atom. The lowest BCUT2D eigenvalue weighted by molar-refractivity contribution is 0.0987. The van der Waals surface area contributed by atoms with Gasteiger partial charge >= 0.3 is 0 Å². The summed E-state index contributed by atoms with van der Waals surface area (Å²) >= 11 is 3.20. The smallest absolute Gasteiger partial charge is 0.162 e. The minimum atomic E-state index is 0.0339. The summed E-state index contributed by atoms with van der Waals surface area (Å²) in [6, 6.07) is 4.72. The molecule has 0 atom stereocenters. The number of phenolic OH excluding ortho intramolecular Hbond substituents is 1. The van der Waals surface area contributed by atoms with Crippen molar-refractivity contribution >= 4 is 21.7 Å². The summed E-state index contributed by atoms with van der Waals surface area (Å²) in [4.78, 5) is 11.2. The van der Waals surface area contributed by atoms with Gasteiger partial charge in [0, 0.05) is 16.5 Å². The van der Waals surface area contributed by atoms with E-state index in [0.717, 1.165) is 4.47 Å². The number of benzene rings is 1. The van der Waals surface area contributed by atoms with Gasteiger partial charge < -0.3 is 5.11 Å². The Hall–Kier alpha value is -0.830. The van der Waals surface area contributed by atoms with Crippen LogP contribution in [0.3, 0.4) is 0 Å². The Morgan fingerprint density at radius 3 is 2.67 bits per heavy atom. The zero-order valence-corrected chi connectivity index (χ0v) is 8.26. The summed E-state index contributed by atoms with van der Waals surface area (Å²) < 4.78 is 0.722. The molecular formula is C9H9BrO2. The maximum Gasteiger partial charge on any atom is 0.162 e. The molecule has 0 fully saturated rings. The van der Waals surface area contributed by atoms with Gasteiger partial charge in [0.25, 0.3) is 0 Å². The zero-order chi connectivity index (χ0) is 9.14. The minimum absolute atomic E-state index is 0.0339. The van der Waals surface area contributed by atoms with Crippen molar-refractivity contribution in [2.45, 2.75) is 13.3 Å². The predicted molar refractivity (Wildman–Crippen MR) is 50.4 cm³/mol. The van der Waals surface area contributed by atoms with Crippen LogP contribution in [0.5, 0.6) is 5.75 Å². The topological polar surface area (TPSA) is 37.3 Å². The van der Waals surface area contributed by atoms with E-state index in [-0.39, 0.29) is 11.5 Å². The van der Waals surface area contributed by atoms with Gasteiger partial charge in [0.15, 0.2) is 5.78 Å². The summed E-state index contributed by atoms with van der Waals surface area (Å²) in [6.07, 6.45) is 0.454. The van der Waals surface area contributed by atoms with E-state index in [0.29, 0.717) is 12.0 Å². The third-order valence-corrected chi connectivity index (χ3v) is 1.98. The number of hydrogen-bond acceptors (Lipinski definition) is 2. The Balaban J connectivity index is 3.08. The van der Waals surface area contributed by atoms with Crippen LogP contribution >= 0.6 is 15.9 Å². The molecule has 0 aliphatic rings. The molecule has 1 N–H and O–H groups in total. The normalized spacial score (nSPS) is 9.83. The monoisotopic (exact) mass is 228 g/mol. The van der Waals surface area contributed by atoms with Gasteiger partial charge in [-0.25, -0.2) is 0 Å². The fourth-order valence-electron chi connectivity index (χ4n) is 0.939. The third-order valence-electron chi connectivity index (χ3n) is 1.53. The third kappa shape index (κ3) is 2.08. The van der Waals surface area contributed by atoms with Crippen LogP contribution in [0.4, 0.5) is 0 Å². The van der Waals surface area contributed by atoms with E-state index in [1.54, 1.807) is 19.1 Å². The standard InChI is InChI=1S/C9H9BrO2/c1-2-9(12)6-3-7(10)5-8(11)4-6/h3-5,11H,2H2,1H3. The lowest BCUT2D eigenvalue weighted by Gasteiger charge is -1.99. The second-order valence-electron chi connectivity index (χ2n) is 2.47. The molecule has 0 aliphatic heterocycles. The first kappa shape index (κ1) is 9.26.